The van der Waals surface area contributed by atoms with E-state index in [0.717, 1.165) is 19.5 Å². The highest BCUT2D eigenvalue weighted by Crippen LogP contribution is 2.17. The molecule has 1 heterocycles. The Bertz CT molecular complexity index is 251. The smallest absolute Gasteiger partial charge is 0.237 e. The van der Waals surface area contributed by atoms with Gasteiger partial charge in [-0.2, -0.15) is 0 Å². The van der Waals surface area contributed by atoms with Gasteiger partial charge in [-0.3, -0.25) is 4.79 Å². The molecule has 6 heteroatoms. The van der Waals surface area contributed by atoms with Crippen LogP contribution in [0.1, 0.15) is 40.0 Å². The second kappa shape index (κ2) is 9.81. The Morgan fingerprint density at radius 1 is 1.26 bits per heavy atom. The van der Waals surface area contributed by atoms with E-state index in [1.807, 2.05) is 20.8 Å². The van der Waals surface area contributed by atoms with E-state index in [9.17, 15) is 4.79 Å². The first-order valence-electron chi connectivity index (χ1n) is 6.67. The van der Waals surface area contributed by atoms with E-state index >= 15 is 0 Å². The third kappa shape index (κ3) is 7.98. The van der Waals surface area contributed by atoms with Gasteiger partial charge < -0.3 is 16.0 Å². The third-order valence-corrected chi connectivity index (χ3v) is 3.36. The van der Waals surface area contributed by atoms with Crippen molar-refractivity contribution in [2.75, 3.05) is 26.2 Å². The molecule has 4 nitrogen and oxygen atoms in total. The fraction of sp³-hybridized carbons (Fsp3) is 0.923. The normalized spacial score (nSPS) is 17.3. The highest BCUT2D eigenvalue weighted by Gasteiger charge is 2.26. The van der Waals surface area contributed by atoms with E-state index in [2.05, 4.69) is 10.2 Å². The average Bonchev–Trinajstić information content (AvgIpc) is 2.74. The molecular formula is C13H29Cl2N3O. The Labute approximate surface area is 129 Å². The molecule has 0 aromatic heterocycles. The quantitative estimate of drug-likeness (QED) is 0.761. The first kappa shape index (κ1) is 21.3. The maximum absolute atomic E-state index is 11.7. The number of hydrogen-bond acceptors (Lipinski definition) is 3. The Morgan fingerprint density at radius 3 is 2.26 bits per heavy atom. The van der Waals surface area contributed by atoms with Crippen LogP contribution in [0.5, 0.6) is 0 Å². The lowest BCUT2D eigenvalue weighted by Gasteiger charge is -2.26. The molecular weight excluding hydrogens is 285 g/mol. The molecule has 0 aromatic rings. The van der Waals surface area contributed by atoms with E-state index in [4.69, 9.17) is 5.73 Å². The zero-order valence-corrected chi connectivity index (χ0v) is 13.9. The summed E-state index contributed by atoms with van der Waals surface area (Å²) in [5.74, 6) is -0.0288. The van der Waals surface area contributed by atoms with Crippen molar-refractivity contribution >= 4 is 30.7 Å². The lowest BCUT2D eigenvalue weighted by Crippen LogP contribution is -2.49. The molecule has 0 bridgehead atoms. The van der Waals surface area contributed by atoms with Crippen LogP contribution in [-0.2, 0) is 4.79 Å². The van der Waals surface area contributed by atoms with Crippen molar-refractivity contribution in [2.24, 2.45) is 11.1 Å². The van der Waals surface area contributed by atoms with Crippen LogP contribution in [0.4, 0.5) is 0 Å². The summed E-state index contributed by atoms with van der Waals surface area (Å²) in [7, 11) is 0. The first-order chi connectivity index (χ1) is 7.91. The van der Waals surface area contributed by atoms with Gasteiger partial charge >= 0.3 is 0 Å². The maximum atomic E-state index is 11.7. The fourth-order valence-corrected chi connectivity index (χ4v) is 2.02. The van der Waals surface area contributed by atoms with E-state index in [1.54, 1.807) is 0 Å². The van der Waals surface area contributed by atoms with E-state index in [1.165, 1.54) is 25.9 Å². The van der Waals surface area contributed by atoms with Crippen molar-refractivity contribution in [2.45, 2.75) is 46.1 Å². The number of rotatable bonds is 5. The SMILES string of the molecule is CC(C)(C)[C@H](N)C(=O)NCCCN1CCCC1.Cl.Cl. The number of carbonyl (C=O) groups excluding carboxylic acids is 1. The monoisotopic (exact) mass is 313 g/mol. The first-order valence-corrected chi connectivity index (χ1v) is 6.67. The minimum absolute atomic E-state index is 0. The summed E-state index contributed by atoms with van der Waals surface area (Å²) >= 11 is 0. The summed E-state index contributed by atoms with van der Waals surface area (Å²) in [5, 5.41) is 2.92. The van der Waals surface area contributed by atoms with Gasteiger partial charge in [0.2, 0.25) is 5.91 Å². The van der Waals surface area contributed by atoms with Gasteiger partial charge in [0.1, 0.15) is 0 Å². The van der Waals surface area contributed by atoms with E-state index in [-0.39, 0.29) is 36.1 Å². The summed E-state index contributed by atoms with van der Waals surface area (Å²) in [4.78, 5) is 14.2. The Hall–Kier alpha value is -0.0300. The van der Waals surface area contributed by atoms with Crippen LogP contribution in [0.15, 0.2) is 0 Å². The second-order valence-electron chi connectivity index (χ2n) is 6.04. The van der Waals surface area contributed by atoms with Crippen LogP contribution >= 0.6 is 24.8 Å². The van der Waals surface area contributed by atoms with Gasteiger partial charge in [0.15, 0.2) is 0 Å². The molecule has 19 heavy (non-hydrogen) atoms. The topological polar surface area (TPSA) is 58.4 Å². The summed E-state index contributed by atoms with van der Waals surface area (Å²) in [6.07, 6.45) is 3.66. The molecule has 1 rings (SSSR count). The molecule has 3 N–H and O–H groups in total. The van der Waals surface area contributed by atoms with Crippen LogP contribution in [0.25, 0.3) is 0 Å². The van der Waals surface area contributed by atoms with Gasteiger partial charge in [-0.1, -0.05) is 20.8 Å². The van der Waals surface area contributed by atoms with Gasteiger partial charge in [0.25, 0.3) is 0 Å². The lowest BCUT2D eigenvalue weighted by molar-refractivity contribution is -0.124. The molecule has 1 atom stereocenters. The van der Waals surface area contributed by atoms with Crippen LogP contribution in [0.3, 0.4) is 0 Å². The summed E-state index contributed by atoms with van der Waals surface area (Å²) < 4.78 is 0. The lowest BCUT2D eigenvalue weighted by atomic mass is 9.87. The van der Waals surface area contributed by atoms with Gasteiger partial charge in [-0.25, -0.2) is 0 Å². The zero-order chi connectivity index (χ0) is 12.9. The van der Waals surface area contributed by atoms with Crippen molar-refractivity contribution in [3.63, 3.8) is 0 Å². The number of halogens is 2. The van der Waals surface area contributed by atoms with Crippen molar-refractivity contribution in [3.05, 3.63) is 0 Å². The Morgan fingerprint density at radius 2 is 1.79 bits per heavy atom. The van der Waals surface area contributed by atoms with Gasteiger partial charge in [0, 0.05) is 6.54 Å². The van der Waals surface area contributed by atoms with E-state index < -0.39 is 6.04 Å². The maximum Gasteiger partial charge on any atom is 0.237 e. The van der Waals surface area contributed by atoms with Crippen LogP contribution < -0.4 is 11.1 Å². The molecule has 0 aromatic carbocycles. The number of hydrogen-bond donors (Lipinski definition) is 2. The van der Waals surface area contributed by atoms with Crippen molar-refractivity contribution in [3.8, 4) is 0 Å². The number of amides is 1. The summed E-state index contributed by atoms with van der Waals surface area (Å²) in [6.45, 7) is 10.2. The van der Waals surface area contributed by atoms with Crippen molar-refractivity contribution in [1.82, 2.24) is 10.2 Å². The molecule has 0 unspecified atom stereocenters. The summed E-state index contributed by atoms with van der Waals surface area (Å²) in [5.41, 5.74) is 5.71. The number of nitrogens with two attached hydrogens (primary N) is 1. The Balaban J connectivity index is 0. The van der Waals surface area contributed by atoms with Gasteiger partial charge in [-0.05, 0) is 44.3 Å². The molecule has 116 valence electrons. The van der Waals surface area contributed by atoms with Crippen LogP contribution in [0.2, 0.25) is 0 Å². The predicted molar refractivity (Wildman–Crippen MR) is 85.2 cm³/mol. The molecule has 1 aliphatic rings. The molecule has 1 fully saturated rings. The zero-order valence-electron chi connectivity index (χ0n) is 12.3. The van der Waals surface area contributed by atoms with Crippen LogP contribution in [0, 0.1) is 5.41 Å². The third-order valence-electron chi connectivity index (χ3n) is 3.36. The second-order valence-corrected chi connectivity index (χ2v) is 6.04. The standard InChI is InChI=1S/C13H27N3O.2ClH/c1-13(2,3)11(14)12(17)15-7-6-10-16-8-4-5-9-16;;/h11H,4-10,14H2,1-3H3,(H,15,17);2*1H/t11-;;/m1../s1. The highest BCUT2D eigenvalue weighted by atomic mass is 35.5. The molecule has 0 spiro atoms. The average molecular weight is 314 g/mol. The minimum atomic E-state index is -0.422. The molecule has 1 aliphatic heterocycles. The minimum Gasteiger partial charge on any atom is -0.355 e. The molecule has 1 saturated heterocycles. The molecule has 0 saturated carbocycles. The number of nitrogens with one attached hydrogen (secondary N) is 1. The van der Waals surface area contributed by atoms with Crippen LogP contribution in [-0.4, -0.2) is 43.0 Å². The molecule has 0 aliphatic carbocycles. The van der Waals surface area contributed by atoms with Crippen molar-refractivity contribution in [1.29, 1.82) is 0 Å². The largest absolute Gasteiger partial charge is 0.355 e. The summed E-state index contributed by atoms with van der Waals surface area (Å²) in [6, 6.07) is -0.422. The Kier molecular flexibility index (Phi) is 11.0. The predicted octanol–water partition coefficient (Wildman–Crippen LogP) is 1.81. The highest BCUT2D eigenvalue weighted by molar-refractivity contribution is 5.85. The number of likely N-dealkylation sites (tertiary alicyclic amines) is 1. The van der Waals surface area contributed by atoms with E-state index in [0.29, 0.717) is 0 Å². The van der Waals surface area contributed by atoms with Gasteiger partial charge in [0.05, 0.1) is 6.04 Å². The number of carbonyl (C=O) groups is 1. The number of nitrogens with zero attached hydrogens (tertiary/aromatic N) is 1. The van der Waals surface area contributed by atoms with Crippen molar-refractivity contribution < 1.29 is 4.79 Å². The van der Waals surface area contributed by atoms with Gasteiger partial charge in [-0.15, -0.1) is 24.8 Å². The fourth-order valence-electron chi connectivity index (χ4n) is 2.02. The molecule has 1 amide bonds. The molecule has 0 radical (unpaired) electrons.